The first-order valence-corrected chi connectivity index (χ1v) is 8.71. The molecule has 0 aliphatic carbocycles. The third kappa shape index (κ3) is 3.37. The van der Waals surface area contributed by atoms with Crippen molar-refractivity contribution in [2.75, 3.05) is 6.61 Å². The zero-order valence-corrected chi connectivity index (χ0v) is 15.1. The fourth-order valence-electron chi connectivity index (χ4n) is 3.22. The summed E-state index contributed by atoms with van der Waals surface area (Å²) in [6.07, 6.45) is 0.920. The third-order valence-corrected chi connectivity index (χ3v) is 4.45. The van der Waals surface area contributed by atoms with E-state index in [0.29, 0.717) is 11.6 Å². The van der Waals surface area contributed by atoms with Crippen LogP contribution >= 0.6 is 0 Å². The van der Waals surface area contributed by atoms with Gasteiger partial charge in [0, 0.05) is 13.1 Å². The van der Waals surface area contributed by atoms with Crippen molar-refractivity contribution in [1.29, 1.82) is 0 Å². The standard InChI is InChI=1S/C18H19N7O3/c1-24-15(7-8-20-24)25-18(21-13(23-25)9-12(19)26)17-16(22-14(27)10-28-17)11-5-3-2-4-6-11/h2-8,16-17H,9-10H2,1H3,(H2,19,26)(H,22,27)/t16-,17+/m1/s1. The van der Waals surface area contributed by atoms with Crippen LogP contribution in [-0.4, -0.2) is 43.0 Å². The van der Waals surface area contributed by atoms with Crippen LogP contribution in [0, 0.1) is 0 Å². The average Bonchev–Trinajstić information content (AvgIpc) is 3.27. The van der Waals surface area contributed by atoms with E-state index in [1.165, 1.54) is 0 Å². The Bertz CT molecular complexity index is 1010. The number of carbonyl (C=O) groups is 2. The number of amides is 2. The summed E-state index contributed by atoms with van der Waals surface area (Å²) in [6.45, 7) is -0.0998. The van der Waals surface area contributed by atoms with Crippen molar-refractivity contribution in [2.24, 2.45) is 12.8 Å². The van der Waals surface area contributed by atoms with Crippen molar-refractivity contribution in [3.8, 4) is 5.82 Å². The maximum atomic E-state index is 12.0. The van der Waals surface area contributed by atoms with Gasteiger partial charge in [0.15, 0.2) is 17.5 Å². The summed E-state index contributed by atoms with van der Waals surface area (Å²) in [6, 6.07) is 10.8. The minimum absolute atomic E-state index is 0.0998. The van der Waals surface area contributed by atoms with Crippen molar-refractivity contribution in [1.82, 2.24) is 29.9 Å². The summed E-state index contributed by atoms with van der Waals surface area (Å²) in [5.74, 6) is 0.621. The molecule has 2 atom stereocenters. The van der Waals surface area contributed by atoms with Crippen molar-refractivity contribution >= 4 is 11.8 Å². The molecule has 1 fully saturated rings. The number of hydrogen-bond acceptors (Lipinski definition) is 6. The van der Waals surface area contributed by atoms with Crippen LogP contribution < -0.4 is 11.1 Å². The van der Waals surface area contributed by atoms with Crippen LogP contribution in [0.2, 0.25) is 0 Å². The monoisotopic (exact) mass is 381 g/mol. The normalized spacial score (nSPS) is 19.4. The first-order chi connectivity index (χ1) is 13.5. The molecule has 0 bridgehead atoms. The summed E-state index contributed by atoms with van der Waals surface area (Å²) in [7, 11) is 1.77. The van der Waals surface area contributed by atoms with Gasteiger partial charge in [-0.15, -0.1) is 5.10 Å². The van der Waals surface area contributed by atoms with Gasteiger partial charge in [-0.25, -0.2) is 4.98 Å². The fourth-order valence-corrected chi connectivity index (χ4v) is 3.22. The van der Waals surface area contributed by atoms with E-state index < -0.39 is 18.1 Å². The Morgan fingerprint density at radius 1 is 1.32 bits per heavy atom. The van der Waals surface area contributed by atoms with Crippen LogP contribution in [-0.2, 0) is 27.8 Å². The highest BCUT2D eigenvalue weighted by atomic mass is 16.5. The summed E-state index contributed by atoms with van der Waals surface area (Å²) in [5.41, 5.74) is 6.19. The molecule has 2 aromatic heterocycles. The van der Waals surface area contributed by atoms with Crippen LogP contribution in [0.3, 0.4) is 0 Å². The smallest absolute Gasteiger partial charge is 0.246 e. The Hall–Kier alpha value is -3.53. The molecule has 0 saturated carbocycles. The molecule has 3 aromatic rings. The predicted molar refractivity (Wildman–Crippen MR) is 97.0 cm³/mol. The highest BCUT2D eigenvalue weighted by Crippen LogP contribution is 2.34. The number of benzene rings is 1. The molecule has 0 unspecified atom stereocenters. The lowest BCUT2D eigenvalue weighted by molar-refractivity contribution is -0.138. The van der Waals surface area contributed by atoms with Gasteiger partial charge < -0.3 is 15.8 Å². The Morgan fingerprint density at radius 2 is 2.11 bits per heavy atom. The van der Waals surface area contributed by atoms with Crippen LogP contribution in [0.1, 0.15) is 29.4 Å². The molecule has 0 radical (unpaired) electrons. The number of nitrogens with zero attached hydrogens (tertiary/aromatic N) is 5. The highest BCUT2D eigenvalue weighted by Gasteiger charge is 2.36. The van der Waals surface area contributed by atoms with Gasteiger partial charge in [0.2, 0.25) is 11.8 Å². The molecule has 0 spiro atoms. The van der Waals surface area contributed by atoms with Gasteiger partial charge >= 0.3 is 0 Å². The number of nitrogens with one attached hydrogen (secondary N) is 1. The zero-order valence-electron chi connectivity index (χ0n) is 15.1. The van der Waals surface area contributed by atoms with E-state index in [0.717, 1.165) is 5.56 Å². The molecular weight excluding hydrogens is 362 g/mol. The number of aromatic nitrogens is 5. The van der Waals surface area contributed by atoms with E-state index in [-0.39, 0.29) is 24.8 Å². The van der Waals surface area contributed by atoms with E-state index in [4.69, 9.17) is 10.5 Å². The first kappa shape index (κ1) is 17.9. The van der Waals surface area contributed by atoms with Crippen LogP contribution in [0.15, 0.2) is 42.6 Å². The van der Waals surface area contributed by atoms with Crippen LogP contribution in [0.25, 0.3) is 5.82 Å². The molecule has 4 rings (SSSR count). The number of morpholine rings is 1. The van der Waals surface area contributed by atoms with Crippen molar-refractivity contribution in [3.05, 3.63) is 59.8 Å². The van der Waals surface area contributed by atoms with Gasteiger partial charge in [-0.05, 0) is 5.56 Å². The molecule has 10 nitrogen and oxygen atoms in total. The number of hydrogen-bond donors (Lipinski definition) is 2. The molecule has 3 N–H and O–H groups in total. The van der Waals surface area contributed by atoms with Crippen molar-refractivity contribution in [2.45, 2.75) is 18.6 Å². The van der Waals surface area contributed by atoms with Crippen molar-refractivity contribution < 1.29 is 14.3 Å². The average molecular weight is 381 g/mol. The molecule has 1 aliphatic heterocycles. The summed E-state index contributed by atoms with van der Waals surface area (Å²) >= 11 is 0. The second-order valence-corrected chi connectivity index (χ2v) is 6.44. The van der Waals surface area contributed by atoms with Crippen LogP contribution in [0.4, 0.5) is 0 Å². The number of aryl methyl sites for hydroxylation is 1. The molecule has 10 heteroatoms. The highest BCUT2D eigenvalue weighted by molar-refractivity contribution is 5.78. The second-order valence-electron chi connectivity index (χ2n) is 6.44. The minimum atomic E-state index is -0.607. The molecule has 28 heavy (non-hydrogen) atoms. The molecule has 1 aliphatic rings. The van der Waals surface area contributed by atoms with Crippen LogP contribution in [0.5, 0.6) is 0 Å². The van der Waals surface area contributed by atoms with E-state index in [2.05, 4.69) is 20.5 Å². The quantitative estimate of drug-likeness (QED) is 0.638. The Kier molecular flexibility index (Phi) is 4.62. The molecule has 2 amide bonds. The largest absolute Gasteiger partial charge is 0.369 e. The Labute approximate surface area is 160 Å². The number of nitrogens with two attached hydrogens (primary N) is 1. The van der Waals surface area contributed by atoms with Gasteiger partial charge in [-0.1, -0.05) is 30.3 Å². The maximum absolute atomic E-state index is 12.0. The molecular formula is C18H19N7O3. The maximum Gasteiger partial charge on any atom is 0.246 e. The van der Waals surface area contributed by atoms with Gasteiger partial charge in [0.1, 0.15) is 12.7 Å². The number of primary amides is 1. The van der Waals surface area contributed by atoms with E-state index in [9.17, 15) is 9.59 Å². The van der Waals surface area contributed by atoms with Gasteiger partial charge in [-0.2, -0.15) is 9.78 Å². The van der Waals surface area contributed by atoms with Gasteiger partial charge in [-0.3, -0.25) is 14.3 Å². The SMILES string of the molecule is Cn1nccc1-n1nc(CC(N)=O)nc1[C@H]1OCC(=O)N[C@@H]1c1ccccc1. The topological polar surface area (TPSA) is 130 Å². The minimum Gasteiger partial charge on any atom is -0.369 e. The summed E-state index contributed by atoms with van der Waals surface area (Å²) < 4.78 is 9.06. The Balaban J connectivity index is 1.81. The summed E-state index contributed by atoms with van der Waals surface area (Å²) in [5, 5.41) is 11.6. The van der Waals surface area contributed by atoms with E-state index in [1.54, 1.807) is 28.7 Å². The lowest BCUT2D eigenvalue weighted by Gasteiger charge is -2.32. The predicted octanol–water partition coefficient (Wildman–Crippen LogP) is -0.0426. The number of carbonyl (C=O) groups excluding carboxylic acids is 2. The van der Waals surface area contributed by atoms with Gasteiger partial charge in [0.25, 0.3) is 0 Å². The molecule has 1 saturated heterocycles. The number of ether oxygens (including phenoxy) is 1. The lowest BCUT2D eigenvalue weighted by atomic mass is 9.99. The lowest BCUT2D eigenvalue weighted by Crippen LogP contribution is -2.42. The Morgan fingerprint density at radius 3 is 2.79 bits per heavy atom. The second kappa shape index (κ2) is 7.24. The van der Waals surface area contributed by atoms with E-state index >= 15 is 0 Å². The summed E-state index contributed by atoms with van der Waals surface area (Å²) in [4.78, 5) is 27.9. The molecule has 144 valence electrons. The van der Waals surface area contributed by atoms with E-state index in [1.807, 2.05) is 30.3 Å². The molecule has 3 heterocycles. The number of rotatable bonds is 5. The van der Waals surface area contributed by atoms with Crippen molar-refractivity contribution in [3.63, 3.8) is 0 Å². The van der Waals surface area contributed by atoms with Gasteiger partial charge in [0.05, 0.1) is 18.7 Å². The molecule has 1 aromatic carbocycles. The fraction of sp³-hybridized carbons (Fsp3) is 0.278. The third-order valence-electron chi connectivity index (χ3n) is 4.45. The first-order valence-electron chi connectivity index (χ1n) is 8.71. The zero-order chi connectivity index (χ0) is 19.7.